The highest BCUT2D eigenvalue weighted by molar-refractivity contribution is 6.11. The van der Waals surface area contributed by atoms with E-state index >= 15 is 0 Å². The molecular formula is C51H32N4O2. The van der Waals surface area contributed by atoms with Crippen LogP contribution in [0.1, 0.15) is 22.8 Å². The molecule has 1 aliphatic heterocycles. The molecule has 2 atom stereocenters. The number of fused-ring (bicyclic) bond motifs is 10. The van der Waals surface area contributed by atoms with Gasteiger partial charge in [0, 0.05) is 55.7 Å². The van der Waals surface area contributed by atoms with E-state index in [0.29, 0.717) is 17.5 Å². The molecule has 1 aliphatic carbocycles. The molecule has 4 heterocycles. The molecule has 12 rings (SSSR count). The predicted molar refractivity (Wildman–Crippen MR) is 228 cm³/mol. The molecule has 6 heteroatoms. The summed E-state index contributed by atoms with van der Waals surface area (Å²) in [6, 6.07) is 58.9. The first-order chi connectivity index (χ1) is 28.2. The molecule has 0 saturated carbocycles. The maximum atomic E-state index is 6.60. The van der Waals surface area contributed by atoms with E-state index in [9.17, 15) is 0 Å². The van der Waals surface area contributed by atoms with E-state index in [-0.39, 0.29) is 12.0 Å². The summed E-state index contributed by atoms with van der Waals surface area (Å²) in [4.78, 5) is 18.1. The summed E-state index contributed by atoms with van der Waals surface area (Å²) in [7, 11) is 0. The highest BCUT2D eigenvalue weighted by Gasteiger charge is 2.43. The summed E-state index contributed by atoms with van der Waals surface area (Å²) in [5.41, 5.74) is 12.2. The fourth-order valence-corrected chi connectivity index (χ4v) is 8.98. The first-order valence-corrected chi connectivity index (χ1v) is 19.3. The number of hydrogen-bond donors (Lipinski definition) is 0. The number of nitrogens with zero attached hydrogens (tertiary/aromatic N) is 4. The van der Waals surface area contributed by atoms with Gasteiger partial charge in [-0.05, 0) is 77.4 Å². The average Bonchev–Trinajstić information content (AvgIpc) is 3.96. The van der Waals surface area contributed by atoms with Gasteiger partial charge in [-0.15, -0.1) is 0 Å². The van der Waals surface area contributed by atoms with Gasteiger partial charge >= 0.3 is 0 Å². The third kappa shape index (κ3) is 5.00. The van der Waals surface area contributed by atoms with E-state index in [0.717, 1.165) is 66.5 Å². The lowest BCUT2D eigenvalue weighted by molar-refractivity contribution is 0.584. The first kappa shape index (κ1) is 31.7. The number of rotatable bonds is 5. The van der Waals surface area contributed by atoms with Crippen molar-refractivity contribution in [3.63, 3.8) is 0 Å². The Bertz CT molecular complexity index is 3220. The lowest BCUT2D eigenvalue weighted by atomic mass is 9.82. The molecule has 6 nitrogen and oxygen atoms in total. The van der Waals surface area contributed by atoms with Crippen molar-refractivity contribution in [3.8, 4) is 45.3 Å². The molecule has 268 valence electrons. The second-order valence-electron chi connectivity index (χ2n) is 14.7. The van der Waals surface area contributed by atoms with E-state index in [2.05, 4.69) is 151 Å². The van der Waals surface area contributed by atoms with Gasteiger partial charge in [0.2, 0.25) is 0 Å². The minimum Gasteiger partial charge on any atom is -0.456 e. The summed E-state index contributed by atoms with van der Waals surface area (Å²) in [6.07, 6.45) is 4.43. The van der Waals surface area contributed by atoms with E-state index in [1.165, 1.54) is 22.5 Å². The summed E-state index contributed by atoms with van der Waals surface area (Å²) in [6.45, 7) is 0. The highest BCUT2D eigenvalue weighted by atomic mass is 16.3. The van der Waals surface area contributed by atoms with Gasteiger partial charge in [0.1, 0.15) is 22.5 Å². The molecule has 0 bridgehead atoms. The minimum absolute atomic E-state index is 0.0788. The number of para-hydroxylation sites is 3. The lowest BCUT2D eigenvalue weighted by Gasteiger charge is -2.30. The summed E-state index contributed by atoms with van der Waals surface area (Å²) < 4.78 is 12.9. The number of furan rings is 2. The van der Waals surface area contributed by atoms with Crippen LogP contribution in [0.2, 0.25) is 0 Å². The molecule has 0 fully saturated rings. The van der Waals surface area contributed by atoms with Gasteiger partial charge in [-0.2, -0.15) is 0 Å². The van der Waals surface area contributed by atoms with Crippen molar-refractivity contribution in [3.05, 3.63) is 193 Å². The van der Waals surface area contributed by atoms with Crippen LogP contribution in [-0.4, -0.2) is 21.0 Å². The third-order valence-electron chi connectivity index (χ3n) is 11.5. The normalized spacial score (nSPS) is 15.6. The summed E-state index contributed by atoms with van der Waals surface area (Å²) in [5, 5.41) is 3.06. The van der Waals surface area contributed by atoms with E-state index in [4.69, 9.17) is 23.8 Å². The van der Waals surface area contributed by atoms with Crippen LogP contribution < -0.4 is 4.90 Å². The van der Waals surface area contributed by atoms with Crippen LogP contribution >= 0.6 is 0 Å². The van der Waals surface area contributed by atoms with Crippen LogP contribution in [0.25, 0.3) is 84.3 Å². The molecule has 7 aromatic carbocycles. The fraction of sp³-hybridized carbons (Fsp3) is 0.0392. The largest absolute Gasteiger partial charge is 0.456 e. The standard InChI is InChI=1S/C51H32N4O2/c1-3-13-31(14-4-1)32-15-11-16-33(29-32)49-52-50(54-51(53-49)38-21-12-24-44-46(38)37-20-8-10-23-42(37)56-44)34-25-27-43-39(30-34)48-45(57-43)28-26-41-47(48)36-19-7-9-22-40(36)55(41)35-17-5-2-6-18-35/h1-30,41,47H. The van der Waals surface area contributed by atoms with Gasteiger partial charge in [0.25, 0.3) is 0 Å². The Morgan fingerprint density at radius 3 is 2.02 bits per heavy atom. The molecule has 0 saturated heterocycles. The van der Waals surface area contributed by atoms with Crippen LogP contribution in [-0.2, 0) is 0 Å². The molecule has 3 aromatic heterocycles. The second kappa shape index (κ2) is 12.5. The smallest absolute Gasteiger partial charge is 0.164 e. The quantitative estimate of drug-likeness (QED) is 0.175. The average molecular weight is 733 g/mol. The van der Waals surface area contributed by atoms with Gasteiger partial charge in [0.15, 0.2) is 17.5 Å². The van der Waals surface area contributed by atoms with E-state index in [1.807, 2.05) is 36.4 Å². The molecule has 0 amide bonds. The molecular weight excluding hydrogens is 701 g/mol. The van der Waals surface area contributed by atoms with Gasteiger partial charge in [-0.3, -0.25) is 0 Å². The summed E-state index contributed by atoms with van der Waals surface area (Å²) in [5.74, 6) is 2.73. The molecule has 0 spiro atoms. The monoisotopic (exact) mass is 732 g/mol. The Morgan fingerprint density at radius 2 is 1.14 bits per heavy atom. The van der Waals surface area contributed by atoms with Gasteiger partial charge in [-0.1, -0.05) is 121 Å². The third-order valence-corrected chi connectivity index (χ3v) is 11.5. The molecule has 10 aromatic rings. The van der Waals surface area contributed by atoms with Crippen molar-refractivity contribution in [1.82, 2.24) is 15.0 Å². The van der Waals surface area contributed by atoms with Gasteiger partial charge in [-0.25, -0.2) is 15.0 Å². The zero-order valence-corrected chi connectivity index (χ0v) is 30.6. The molecule has 0 radical (unpaired) electrons. The van der Waals surface area contributed by atoms with Crippen LogP contribution in [0.5, 0.6) is 0 Å². The SMILES string of the molecule is C1=CC2C(c3ccccc3N2c2ccccc2)c2c1oc1ccc(-c3nc(-c4cccc(-c5ccccc5)c4)nc(-c4cccc5oc6ccccc6c45)n3)cc21. The van der Waals surface area contributed by atoms with Crippen LogP contribution in [0.15, 0.2) is 185 Å². The predicted octanol–water partition coefficient (Wildman–Crippen LogP) is 12.9. The zero-order valence-electron chi connectivity index (χ0n) is 30.6. The van der Waals surface area contributed by atoms with Crippen molar-refractivity contribution in [2.45, 2.75) is 12.0 Å². The van der Waals surface area contributed by atoms with Crippen LogP contribution in [0, 0.1) is 0 Å². The zero-order chi connectivity index (χ0) is 37.5. The lowest BCUT2D eigenvalue weighted by Crippen LogP contribution is -2.30. The number of hydrogen-bond acceptors (Lipinski definition) is 6. The Morgan fingerprint density at radius 1 is 0.474 bits per heavy atom. The van der Waals surface area contributed by atoms with Crippen molar-refractivity contribution >= 4 is 50.4 Å². The van der Waals surface area contributed by atoms with Crippen LogP contribution in [0.3, 0.4) is 0 Å². The minimum atomic E-state index is 0.0788. The van der Waals surface area contributed by atoms with Crippen molar-refractivity contribution in [1.29, 1.82) is 0 Å². The van der Waals surface area contributed by atoms with E-state index in [1.54, 1.807) is 0 Å². The topological polar surface area (TPSA) is 68.2 Å². The summed E-state index contributed by atoms with van der Waals surface area (Å²) >= 11 is 0. The Hall–Kier alpha value is -7.57. The first-order valence-electron chi connectivity index (χ1n) is 19.3. The van der Waals surface area contributed by atoms with Crippen molar-refractivity contribution < 1.29 is 8.83 Å². The number of benzene rings is 7. The molecule has 57 heavy (non-hydrogen) atoms. The Kier molecular flexibility index (Phi) is 6.95. The second-order valence-corrected chi connectivity index (χ2v) is 14.7. The molecule has 2 unspecified atom stereocenters. The Labute approximate surface area is 328 Å². The fourth-order valence-electron chi connectivity index (χ4n) is 8.98. The van der Waals surface area contributed by atoms with Crippen LogP contribution in [0.4, 0.5) is 11.4 Å². The number of aromatic nitrogens is 3. The molecule has 0 N–H and O–H groups in total. The van der Waals surface area contributed by atoms with Gasteiger partial charge in [0.05, 0.1) is 6.04 Å². The maximum Gasteiger partial charge on any atom is 0.164 e. The van der Waals surface area contributed by atoms with Crippen molar-refractivity contribution in [2.75, 3.05) is 4.90 Å². The maximum absolute atomic E-state index is 6.60. The highest BCUT2D eigenvalue weighted by Crippen LogP contribution is 2.53. The number of anilines is 2. The van der Waals surface area contributed by atoms with E-state index < -0.39 is 0 Å². The van der Waals surface area contributed by atoms with Crippen molar-refractivity contribution in [2.24, 2.45) is 0 Å². The van der Waals surface area contributed by atoms with Gasteiger partial charge < -0.3 is 13.7 Å². The molecule has 2 aliphatic rings. The Balaban J connectivity index is 1.05.